The molecule has 0 saturated carbocycles. The average molecular weight is 617 g/mol. The van der Waals surface area contributed by atoms with E-state index in [1.165, 1.54) is 0 Å². The fourth-order valence-electron chi connectivity index (χ4n) is 4.44. The van der Waals surface area contributed by atoms with Crippen molar-refractivity contribution >= 4 is 47.4 Å². The van der Waals surface area contributed by atoms with Crippen LogP contribution in [0.25, 0.3) is 5.69 Å². The fraction of sp³-hybridized carbons (Fsp3) is 0.258. The first-order chi connectivity index (χ1) is 21.2. The molecule has 0 fully saturated rings. The van der Waals surface area contributed by atoms with Crippen molar-refractivity contribution in [2.45, 2.75) is 46.1 Å². The average Bonchev–Trinajstić information content (AvgIpc) is 3.29. The molecule has 0 aliphatic carbocycles. The lowest BCUT2D eigenvalue weighted by Crippen LogP contribution is -2.29. The molecule has 0 unspecified atom stereocenters. The Bertz CT molecular complexity index is 1620. The number of hydrogen-bond donors (Lipinski definition) is 4. The van der Waals surface area contributed by atoms with E-state index in [4.69, 9.17) is 21.3 Å². The van der Waals surface area contributed by atoms with Crippen LogP contribution in [0.15, 0.2) is 71.7 Å². The number of anilines is 1. The van der Waals surface area contributed by atoms with Gasteiger partial charge in [-0.3, -0.25) is 19.1 Å². The van der Waals surface area contributed by atoms with E-state index >= 15 is 0 Å². The molecule has 2 heterocycles. The largest absolute Gasteiger partial charge is 0.494 e. The van der Waals surface area contributed by atoms with Crippen molar-refractivity contribution in [3.8, 4) is 11.4 Å². The number of primary amides is 1. The van der Waals surface area contributed by atoms with Gasteiger partial charge in [0.15, 0.2) is 5.82 Å². The number of ether oxygens (including phenoxy) is 1. The molecule has 5 rings (SSSR count). The lowest BCUT2D eigenvalue weighted by Gasteiger charge is -2.15. The predicted molar refractivity (Wildman–Crippen MR) is 171 cm³/mol. The third-order valence-electron chi connectivity index (χ3n) is 6.76. The molecular formula is C31H34BClN6O5. The molecular weight excluding hydrogens is 583 g/mol. The summed E-state index contributed by atoms with van der Waals surface area (Å²) in [6.07, 6.45) is 2.15. The number of nitrogens with zero attached hydrogens (tertiary/aromatic N) is 4. The van der Waals surface area contributed by atoms with Crippen LogP contribution in [0, 0.1) is 6.92 Å². The van der Waals surface area contributed by atoms with Crippen LogP contribution in [-0.2, 0) is 16.1 Å². The quantitative estimate of drug-likeness (QED) is 0.157. The highest BCUT2D eigenvalue weighted by Crippen LogP contribution is 2.29. The monoisotopic (exact) mass is 616 g/mol. The van der Waals surface area contributed by atoms with E-state index in [0.717, 1.165) is 34.2 Å². The summed E-state index contributed by atoms with van der Waals surface area (Å²) in [5.41, 5.74) is 9.25. The zero-order valence-corrected chi connectivity index (χ0v) is 25.3. The van der Waals surface area contributed by atoms with Crippen molar-refractivity contribution in [2.24, 2.45) is 10.7 Å². The Balaban J connectivity index is 0.000000818. The molecule has 44 heavy (non-hydrogen) atoms. The molecule has 0 radical (unpaired) electrons. The number of fused-ring (bicyclic) bond motifs is 3. The van der Waals surface area contributed by atoms with Crippen LogP contribution < -0.4 is 21.3 Å². The van der Waals surface area contributed by atoms with Gasteiger partial charge in [0.1, 0.15) is 18.1 Å². The van der Waals surface area contributed by atoms with Crippen LogP contribution in [-0.4, -0.2) is 56.1 Å². The first-order valence-corrected chi connectivity index (χ1v) is 14.6. The van der Waals surface area contributed by atoms with Gasteiger partial charge in [-0.15, -0.1) is 10.2 Å². The first-order valence-electron chi connectivity index (χ1n) is 14.2. The number of aliphatic imine (C=N–C) groups is 1. The van der Waals surface area contributed by atoms with Gasteiger partial charge in [0.05, 0.1) is 18.0 Å². The third-order valence-corrected chi connectivity index (χ3v) is 7.01. The maximum absolute atomic E-state index is 12.3. The van der Waals surface area contributed by atoms with Gasteiger partial charge in [0.2, 0.25) is 11.8 Å². The maximum atomic E-state index is 12.3. The number of carbonyl (C=O) groups is 2. The molecule has 5 N–H and O–H groups in total. The van der Waals surface area contributed by atoms with Gasteiger partial charge in [-0.05, 0) is 67.7 Å². The van der Waals surface area contributed by atoms with E-state index < -0.39 is 7.12 Å². The minimum Gasteiger partial charge on any atom is -0.494 e. The molecule has 1 aliphatic heterocycles. The molecule has 4 aromatic rings. The van der Waals surface area contributed by atoms with Gasteiger partial charge in [0.25, 0.3) is 0 Å². The van der Waals surface area contributed by atoms with Crippen molar-refractivity contribution in [3.63, 3.8) is 0 Å². The lowest BCUT2D eigenvalue weighted by atomic mass is 9.80. The zero-order valence-electron chi connectivity index (χ0n) is 24.5. The molecule has 0 spiro atoms. The Morgan fingerprint density at radius 3 is 2.41 bits per heavy atom. The number of carbonyl (C=O) groups excluding carboxylic acids is 2. The molecule has 11 nitrogen and oxygen atoms in total. The van der Waals surface area contributed by atoms with Crippen LogP contribution in [0.2, 0.25) is 5.02 Å². The normalized spacial score (nSPS) is 11.6. The molecule has 0 atom stereocenters. The number of amides is 2. The molecule has 0 bridgehead atoms. The summed E-state index contributed by atoms with van der Waals surface area (Å²) in [5.74, 6) is 1.91. The van der Waals surface area contributed by atoms with E-state index in [1.807, 2.05) is 54.0 Å². The van der Waals surface area contributed by atoms with Crippen molar-refractivity contribution in [1.82, 2.24) is 14.8 Å². The summed E-state index contributed by atoms with van der Waals surface area (Å²) in [5, 5.41) is 30.4. The second kappa shape index (κ2) is 15.3. The molecule has 1 aromatic heterocycles. The summed E-state index contributed by atoms with van der Waals surface area (Å²) < 4.78 is 8.07. The van der Waals surface area contributed by atoms with Gasteiger partial charge >= 0.3 is 7.12 Å². The van der Waals surface area contributed by atoms with Crippen molar-refractivity contribution in [3.05, 3.63) is 94.5 Å². The highest BCUT2D eigenvalue weighted by Gasteiger charge is 2.22. The van der Waals surface area contributed by atoms with Crippen molar-refractivity contribution in [2.75, 3.05) is 11.9 Å². The lowest BCUT2D eigenvalue weighted by molar-refractivity contribution is -0.118. The highest BCUT2D eigenvalue weighted by molar-refractivity contribution is 6.58. The summed E-state index contributed by atoms with van der Waals surface area (Å²) >= 11 is 6.12. The Labute approximate surface area is 260 Å². The fourth-order valence-corrected chi connectivity index (χ4v) is 4.57. The Morgan fingerprint density at radius 2 is 1.75 bits per heavy atom. The molecule has 228 valence electrons. The maximum Gasteiger partial charge on any atom is 0.488 e. The Morgan fingerprint density at radius 1 is 1.05 bits per heavy atom. The van der Waals surface area contributed by atoms with Crippen molar-refractivity contribution in [1.29, 1.82) is 0 Å². The molecule has 0 saturated heterocycles. The molecule has 2 amide bonds. The second-order valence-corrected chi connectivity index (χ2v) is 10.5. The summed E-state index contributed by atoms with van der Waals surface area (Å²) in [4.78, 5) is 26.7. The predicted octanol–water partition coefficient (Wildman–Crippen LogP) is 3.33. The topological polar surface area (TPSA) is 165 Å². The van der Waals surface area contributed by atoms with Crippen LogP contribution in [0.1, 0.15) is 55.4 Å². The van der Waals surface area contributed by atoms with Gasteiger partial charge in [-0.2, -0.15) is 0 Å². The molecule has 13 heteroatoms. The number of unbranched alkanes of at least 4 members (excludes halogenated alkanes) is 1. The van der Waals surface area contributed by atoms with Crippen LogP contribution in [0.3, 0.4) is 0 Å². The van der Waals surface area contributed by atoms with E-state index in [2.05, 4.69) is 21.2 Å². The number of benzene rings is 3. The first kappa shape index (κ1) is 32.4. The third kappa shape index (κ3) is 8.53. The number of rotatable bonds is 10. The van der Waals surface area contributed by atoms with Gasteiger partial charge < -0.3 is 25.8 Å². The van der Waals surface area contributed by atoms with Crippen LogP contribution in [0.5, 0.6) is 5.75 Å². The smallest absolute Gasteiger partial charge is 0.488 e. The van der Waals surface area contributed by atoms with Crippen molar-refractivity contribution < 1.29 is 24.4 Å². The number of aryl methyl sites for hydroxylation is 1. The van der Waals surface area contributed by atoms with E-state index in [0.29, 0.717) is 60.8 Å². The number of nitrogens with one attached hydrogen (secondary N) is 1. The number of hydrogen-bond acceptors (Lipinski definition) is 8. The Hall–Kier alpha value is -4.52. The van der Waals surface area contributed by atoms with E-state index in [9.17, 15) is 19.6 Å². The van der Waals surface area contributed by atoms with E-state index in [1.54, 1.807) is 31.2 Å². The number of halogens is 1. The minimum atomic E-state index is -1.53. The van der Waals surface area contributed by atoms with Gasteiger partial charge in [-0.25, -0.2) is 0 Å². The zero-order chi connectivity index (χ0) is 31.6. The Kier molecular flexibility index (Phi) is 11.3. The minimum absolute atomic E-state index is 0.110. The summed E-state index contributed by atoms with van der Waals surface area (Å²) in [6.45, 7) is 4.50. The van der Waals surface area contributed by atoms with E-state index in [-0.39, 0.29) is 11.8 Å². The summed E-state index contributed by atoms with van der Waals surface area (Å²) in [6, 6.07) is 19.9. The number of aromatic nitrogens is 3. The molecule has 1 aliphatic rings. The SMILES string of the molecule is CCC(N)=O.Cc1nnc2n1-c1ccc(OCCCCC(=O)Nc3ccc(B(O)O)cc3)cc1C(c1ccc(Cl)cc1)=NC2. The summed E-state index contributed by atoms with van der Waals surface area (Å²) in [7, 11) is -1.53. The van der Waals surface area contributed by atoms with Gasteiger partial charge in [-0.1, -0.05) is 42.8 Å². The standard InChI is InChI=1S/C28H27BClN5O4.C3H7NO/c1-18-33-34-26-17-31-28(19-5-9-21(30)10-6-19)24-16-23(13-14-25(24)35(18)26)39-15-3-2-4-27(36)32-22-11-7-20(8-12-22)29(37)38;1-2-3(4)5/h5-14,16,37-38H,2-4,15,17H2,1H3,(H,32,36);2H2,1H3,(H2,4,5). The second-order valence-electron chi connectivity index (χ2n) is 10.0. The van der Waals surface area contributed by atoms with Gasteiger partial charge in [0, 0.05) is 34.7 Å². The van der Waals surface area contributed by atoms with Crippen LogP contribution in [0.4, 0.5) is 5.69 Å². The van der Waals surface area contributed by atoms with Crippen LogP contribution >= 0.6 is 11.6 Å². The molecule has 3 aromatic carbocycles. The highest BCUT2D eigenvalue weighted by atomic mass is 35.5. The number of nitrogens with two attached hydrogens (primary N) is 1.